The van der Waals surface area contributed by atoms with Gasteiger partial charge in [0.15, 0.2) is 0 Å². The van der Waals surface area contributed by atoms with Gasteiger partial charge in [-0.2, -0.15) is 5.26 Å². The standard InChI is InChI=1S/C12H12N2O2/c13-6-8-14-7-5-10(12(15)16)9-3-1-2-4-11(9)14/h1-4,10H,5,7-8H2,(H,15,16). The first-order valence-electron chi connectivity index (χ1n) is 5.17. The summed E-state index contributed by atoms with van der Waals surface area (Å²) in [6, 6.07) is 9.52. The average Bonchev–Trinajstić information content (AvgIpc) is 2.29. The van der Waals surface area contributed by atoms with E-state index in [0.29, 0.717) is 19.5 Å². The molecule has 1 aliphatic heterocycles. The molecule has 82 valence electrons. The van der Waals surface area contributed by atoms with Gasteiger partial charge in [-0.05, 0) is 18.1 Å². The van der Waals surface area contributed by atoms with E-state index in [-0.39, 0.29) is 0 Å². The predicted molar refractivity (Wildman–Crippen MR) is 59.3 cm³/mol. The summed E-state index contributed by atoms with van der Waals surface area (Å²) in [4.78, 5) is 13.0. The number of fused-ring (bicyclic) bond motifs is 1. The van der Waals surface area contributed by atoms with Gasteiger partial charge in [-0.15, -0.1) is 0 Å². The number of carboxylic acid groups (broad SMARTS) is 1. The third-order valence-corrected chi connectivity index (χ3v) is 2.90. The van der Waals surface area contributed by atoms with Crippen LogP contribution in [0.15, 0.2) is 24.3 Å². The summed E-state index contributed by atoms with van der Waals surface area (Å²) in [6.45, 7) is 0.935. The minimum absolute atomic E-state index is 0.309. The van der Waals surface area contributed by atoms with Crippen molar-refractivity contribution in [3.05, 3.63) is 29.8 Å². The van der Waals surface area contributed by atoms with Crippen LogP contribution in [0.1, 0.15) is 17.9 Å². The van der Waals surface area contributed by atoms with E-state index < -0.39 is 11.9 Å². The number of rotatable bonds is 2. The lowest BCUT2D eigenvalue weighted by atomic mass is 9.90. The van der Waals surface area contributed by atoms with Gasteiger partial charge in [-0.3, -0.25) is 4.79 Å². The number of hydrogen-bond donors (Lipinski definition) is 1. The van der Waals surface area contributed by atoms with Crippen LogP contribution in [0.5, 0.6) is 0 Å². The van der Waals surface area contributed by atoms with Gasteiger partial charge in [0.05, 0.1) is 12.0 Å². The van der Waals surface area contributed by atoms with Gasteiger partial charge in [0.1, 0.15) is 6.54 Å². The Labute approximate surface area is 93.7 Å². The van der Waals surface area contributed by atoms with E-state index >= 15 is 0 Å². The zero-order valence-electron chi connectivity index (χ0n) is 8.76. The van der Waals surface area contributed by atoms with E-state index in [1.807, 2.05) is 29.2 Å². The van der Waals surface area contributed by atoms with Crippen LogP contribution in [0.4, 0.5) is 5.69 Å². The van der Waals surface area contributed by atoms with Gasteiger partial charge in [-0.1, -0.05) is 18.2 Å². The summed E-state index contributed by atoms with van der Waals surface area (Å²) in [5.74, 6) is -1.23. The van der Waals surface area contributed by atoms with Gasteiger partial charge in [0, 0.05) is 12.2 Å². The first-order chi connectivity index (χ1) is 7.74. The maximum atomic E-state index is 11.1. The van der Waals surface area contributed by atoms with Gasteiger partial charge in [-0.25, -0.2) is 0 Å². The molecule has 4 heteroatoms. The summed E-state index contributed by atoms with van der Waals surface area (Å²) in [5, 5.41) is 17.8. The van der Waals surface area contributed by atoms with Crippen molar-refractivity contribution in [3.63, 3.8) is 0 Å². The molecule has 1 aromatic carbocycles. The highest BCUT2D eigenvalue weighted by Gasteiger charge is 2.29. The molecule has 1 aromatic rings. The Hall–Kier alpha value is -2.02. The second-order valence-electron chi connectivity index (χ2n) is 3.82. The zero-order valence-corrected chi connectivity index (χ0v) is 8.76. The van der Waals surface area contributed by atoms with Crippen LogP contribution < -0.4 is 4.90 Å². The number of hydrogen-bond acceptors (Lipinski definition) is 3. The lowest BCUT2D eigenvalue weighted by Crippen LogP contribution is -2.33. The van der Waals surface area contributed by atoms with Crippen molar-refractivity contribution in [1.82, 2.24) is 0 Å². The quantitative estimate of drug-likeness (QED) is 0.762. The molecule has 1 atom stereocenters. The lowest BCUT2D eigenvalue weighted by molar-refractivity contribution is -0.139. The molecule has 0 amide bonds. The Balaban J connectivity index is 2.40. The van der Waals surface area contributed by atoms with Crippen LogP contribution in [0.3, 0.4) is 0 Å². The van der Waals surface area contributed by atoms with Crippen molar-refractivity contribution in [1.29, 1.82) is 5.26 Å². The molecule has 4 nitrogen and oxygen atoms in total. The van der Waals surface area contributed by atoms with Crippen molar-refractivity contribution >= 4 is 11.7 Å². The van der Waals surface area contributed by atoms with Gasteiger partial charge in [0.2, 0.25) is 0 Å². The molecule has 0 fully saturated rings. The van der Waals surface area contributed by atoms with Crippen LogP contribution in [-0.4, -0.2) is 24.2 Å². The molecule has 0 radical (unpaired) electrons. The fraction of sp³-hybridized carbons (Fsp3) is 0.333. The molecular formula is C12H12N2O2. The Morgan fingerprint density at radius 1 is 1.56 bits per heavy atom. The molecule has 1 unspecified atom stereocenters. The third-order valence-electron chi connectivity index (χ3n) is 2.90. The Morgan fingerprint density at radius 2 is 2.31 bits per heavy atom. The zero-order chi connectivity index (χ0) is 11.5. The molecule has 0 bridgehead atoms. The van der Waals surface area contributed by atoms with Gasteiger partial charge < -0.3 is 10.0 Å². The van der Waals surface area contributed by atoms with E-state index in [4.69, 9.17) is 10.4 Å². The molecule has 1 aliphatic rings. The number of benzene rings is 1. The largest absolute Gasteiger partial charge is 0.481 e. The molecule has 16 heavy (non-hydrogen) atoms. The van der Waals surface area contributed by atoms with E-state index in [1.165, 1.54) is 0 Å². The van der Waals surface area contributed by atoms with Crippen LogP contribution in [0, 0.1) is 11.3 Å². The highest BCUT2D eigenvalue weighted by atomic mass is 16.4. The van der Waals surface area contributed by atoms with Crippen LogP contribution >= 0.6 is 0 Å². The molecule has 1 heterocycles. The van der Waals surface area contributed by atoms with Crippen LogP contribution in [-0.2, 0) is 4.79 Å². The molecule has 0 aromatic heterocycles. The lowest BCUT2D eigenvalue weighted by Gasteiger charge is -2.32. The van der Waals surface area contributed by atoms with E-state index in [9.17, 15) is 4.79 Å². The molecule has 0 saturated carbocycles. The van der Waals surface area contributed by atoms with Crippen LogP contribution in [0.2, 0.25) is 0 Å². The number of nitriles is 1. The predicted octanol–water partition coefficient (Wildman–Crippen LogP) is 1.59. The Kier molecular flexibility index (Phi) is 2.78. The van der Waals surface area contributed by atoms with E-state index in [2.05, 4.69) is 6.07 Å². The maximum Gasteiger partial charge on any atom is 0.311 e. The second kappa shape index (κ2) is 4.23. The minimum Gasteiger partial charge on any atom is -0.481 e. The van der Waals surface area contributed by atoms with Crippen LogP contribution in [0.25, 0.3) is 0 Å². The summed E-state index contributed by atoms with van der Waals surface area (Å²) >= 11 is 0. The summed E-state index contributed by atoms with van der Waals surface area (Å²) in [5.41, 5.74) is 1.69. The van der Waals surface area contributed by atoms with Crippen molar-refractivity contribution in [3.8, 4) is 6.07 Å². The first kappa shape index (κ1) is 10.5. The molecular weight excluding hydrogens is 204 g/mol. The Bertz CT molecular complexity index is 451. The highest BCUT2D eigenvalue weighted by Crippen LogP contribution is 2.34. The smallest absolute Gasteiger partial charge is 0.311 e. The number of nitrogens with zero attached hydrogens (tertiary/aromatic N) is 2. The average molecular weight is 216 g/mol. The number of carboxylic acids is 1. The van der Waals surface area contributed by atoms with Crippen molar-refractivity contribution in [2.24, 2.45) is 0 Å². The van der Waals surface area contributed by atoms with Gasteiger partial charge >= 0.3 is 5.97 Å². The maximum absolute atomic E-state index is 11.1. The molecule has 0 aliphatic carbocycles. The topological polar surface area (TPSA) is 64.3 Å². The van der Waals surface area contributed by atoms with E-state index in [1.54, 1.807) is 0 Å². The summed E-state index contributed by atoms with van der Waals surface area (Å²) < 4.78 is 0. The monoisotopic (exact) mass is 216 g/mol. The SMILES string of the molecule is N#CCN1CCC(C(=O)O)c2ccccc21. The number of para-hydroxylation sites is 1. The number of aliphatic carboxylic acids is 1. The van der Waals surface area contributed by atoms with Gasteiger partial charge in [0.25, 0.3) is 0 Å². The van der Waals surface area contributed by atoms with Crippen molar-refractivity contribution in [2.45, 2.75) is 12.3 Å². The second-order valence-corrected chi connectivity index (χ2v) is 3.82. The molecule has 2 rings (SSSR count). The molecule has 0 spiro atoms. The number of carbonyl (C=O) groups is 1. The van der Waals surface area contributed by atoms with Crippen molar-refractivity contribution in [2.75, 3.05) is 18.0 Å². The minimum atomic E-state index is -0.788. The van der Waals surface area contributed by atoms with E-state index in [0.717, 1.165) is 11.3 Å². The summed E-state index contributed by atoms with van der Waals surface area (Å²) in [7, 11) is 0. The summed E-state index contributed by atoms with van der Waals surface area (Å²) in [6.07, 6.45) is 0.564. The normalized spacial score (nSPS) is 18.7. The first-order valence-corrected chi connectivity index (χ1v) is 5.17. The molecule has 1 N–H and O–H groups in total. The fourth-order valence-electron chi connectivity index (χ4n) is 2.14. The molecule has 0 saturated heterocycles. The third kappa shape index (κ3) is 1.72. The highest BCUT2D eigenvalue weighted by molar-refractivity contribution is 5.80. The number of anilines is 1. The fourth-order valence-corrected chi connectivity index (χ4v) is 2.14. The van der Waals surface area contributed by atoms with Crippen molar-refractivity contribution < 1.29 is 9.90 Å². The Morgan fingerprint density at radius 3 is 3.00 bits per heavy atom.